The van der Waals surface area contributed by atoms with Gasteiger partial charge in [0.15, 0.2) is 0 Å². The van der Waals surface area contributed by atoms with Crippen molar-refractivity contribution in [1.29, 1.82) is 0 Å². The van der Waals surface area contributed by atoms with Crippen LogP contribution in [-0.2, 0) is 0 Å². The number of nitrogens with zero attached hydrogens (tertiary/aromatic N) is 1. The quantitative estimate of drug-likeness (QED) is 0.521. The monoisotopic (exact) mass is 139 g/mol. The normalized spacial score (nSPS) is 12.0. The van der Waals surface area contributed by atoms with Crippen LogP contribution in [0.5, 0.6) is 0 Å². The van der Waals surface area contributed by atoms with Gasteiger partial charge in [0.2, 0.25) is 0 Å². The highest BCUT2D eigenvalue weighted by Crippen LogP contribution is 1.98. The maximum Gasteiger partial charge on any atom is 0.0253 e. The van der Waals surface area contributed by atoms with Gasteiger partial charge in [0.25, 0.3) is 0 Å². The van der Waals surface area contributed by atoms with Gasteiger partial charge in [-0.05, 0) is 26.7 Å². The maximum atomic E-state index is 4.28. The minimum atomic E-state index is 0.565. The lowest BCUT2D eigenvalue weighted by Crippen LogP contribution is -2.00. The fraction of sp³-hybridized carbons (Fsp3) is 0.667. The summed E-state index contributed by atoms with van der Waals surface area (Å²) in [6.45, 7) is 10.5. The number of hydrogen-bond acceptors (Lipinski definition) is 1. The van der Waals surface area contributed by atoms with E-state index in [4.69, 9.17) is 0 Å². The Balaban J connectivity index is 4.05. The zero-order valence-corrected chi connectivity index (χ0v) is 7.60. The molecule has 0 N–H and O–H groups in total. The Kier molecular flexibility index (Phi) is 4.01. The SMILES string of the molecule is CC(C)=C/N=C(/C)C(C)C. The minimum Gasteiger partial charge on any atom is -0.266 e. The Labute approximate surface area is 63.9 Å². The average Bonchev–Trinajstić information content (AvgIpc) is 1.82. The summed E-state index contributed by atoms with van der Waals surface area (Å²) >= 11 is 0. The summed E-state index contributed by atoms with van der Waals surface area (Å²) in [5.41, 5.74) is 2.45. The van der Waals surface area contributed by atoms with Gasteiger partial charge in [-0.3, -0.25) is 4.99 Å². The molecule has 10 heavy (non-hydrogen) atoms. The molecule has 0 amide bonds. The van der Waals surface area contributed by atoms with Crippen LogP contribution in [0.4, 0.5) is 0 Å². The third kappa shape index (κ3) is 4.30. The van der Waals surface area contributed by atoms with E-state index in [1.54, 1.807) is 0 Å². The van der Waals surface area contributed by atoms with E-state index in [0.29, 0.717) is 5.92 Å². The van der Waals surface area contributed by atoms with Crippen LogP contribution in [0.2, 0.25) is 0 Å². The van der Waals surface area contributed by atoms with Crippen molar-refractivity contribution in [2.75, 3.05) is 0 Å². The Morgan fingerprint density at radius 1 is 1.20 bits per heavy atom. The molecule has 0 radical (unpaired) electrons. The molecule has 0 saturated carbocycles. The second-order valence-corrected chi connectivity index (χ2v) is 3.13. The van der Waals surface area contributed by atoms with Crippen LogP contribution in [0.3, 0.4) is 0 Å². The van der Waals surface area contributed by atoms with E-state index in [1.807, 2.05) is 6.20 Å². The zero-order valence-electron chi connectivity index (χ0n) is 7.60. The van der Waals surface area contributed by atoms with Crippen molar-refractivity contribution in [3.8, 4) is 0 Å². The van der Waals surface area contributed by atoms with Gasteiger partial charge in [-0.1, -0.05) is 19.4 Å². The average molecular weight is 139 g/mol. The van der Waals surface area contributed by atoms with Gasteiger partial charge in [-0.15, -0.1) is 0 Å². The number of allylic oxidation sites excluding steroid dienone is 1. The predicted octanol–water partition coefficient (Wildman–Crippen LogP) is 3.03. The van der Waals surface area contributed by atoms with Crippen LogP contribution in [0.15, 0.2) is 16.8 Å². The molecule has 0 aromatic carbocycles. The molecule has 0 aromatic rings. The maximum absolute atomic E-state index is 4.28. The van der Waals surface area contributed by atoms with E-state index in [-0.39, 0.29) is 0 Å². The van der Waals surface area contributed by atoms with Crippen LogP contribution in [0.1, 0.15) is 34.6 Å². The minimum absolute atomic E-state index is 0.565. The Morgan fingerprint density at radius 3 is 2.00 bits per heavy atom. The Hall–Kier alpha value is -0.590. The van der Waals surface area contributed by atoms with Crippen LogP contribution in [0, 0.1) is 5.92 Å². The second-order valence-electron chi connectivity index (χ2n) is 3.13. The van der Waals surface area contributed by atoms with Gasteiger partial charge < -0.3 is 0 Å². The highest BCUT2D eigenvalue weighted by atomic mass is 14.7. The van der Waals surface area contributed by atoms with Gasteiger partial charge in [0.1, 0.15) is 0 Å². The van der Waals surface area contributed by atoms with E-state index in [2.05, 4.69) is 39.6 Å². The molecule has 0 aromatic heterocycles. The van der Waals surface area contributed by atoms with Gasteiger partial charge >= 0.3 is 0 Å². The second kappa shape index (κ2) is 4.26. The molecule has 0 saturated heterocycles. The molecule has 1 heteroatoms. The summed E-state index contributed by atoms with van der Waals surface area (Å²) in [7, 11) is 0. The summed E-state index contributed by atoms with van der Waals surface area (Å²) in [6, 6.07) is 0. The van der Waals surface area contributed by atoms with Gasteiger partial charge in [0.05, 0.1) is 0 Å². The van der Waals surface area contributed by atoms with Crippen LogP contribution >= 0.6 is 0 Å². The highest BCUT2D eigenvalue weighted by molar-refractivity contribution is 5.84. The van der Waals surface area contributed by atoms with Crippen LogP contribution in [-0.4, -0.2) is 5.71 Å². The molecule has 0 aliphatic rings. The predicted molar refractivity (Wildman–Crippen MR) is 47.4 cm³/mol. The van der Waals surface area contributed by atoms with E-state index in [1.165, 1.54) is 11.3 Å². The van der Waals surface area contributed by atoms with E-state index in [9.17, 15) is 0 Å². The topological polar surface area (TPSA) is 12.4 Å². The van der Waals surface area contributed by atoms with Crippen molar-refractivity contribution < 1.29 is 0 Å². The number of aliphatic imine (C=N–C) groups is 1. The highest BCUT2D eigenvalue weighted by Gasteiger charge is 1.94. The summed E-state index contributed by atoms with van der Waals surface area (Å²) in [4.78, 5) is 4.28. The fourth-order valence-electron chi connectivity index (χ4n) is 0.380. The van der Waals surface area contributed by atoms with Gasteiger partial charge in [-0.25, -0.2) is 0 Å². The third-order valence-corrected chi connectivity index (χ3v) is 1.36. The first kappa shape index (κ1) is 9.41. The summed E-state index contributed by atoms with van der Waals surface area (Å²) in [5.74, 6) is 0.565. The molecule has 0 unspecified atom stereocenters. The van der Waals surface area contributed by atoms with Crippen molar-refractivity contribution in [2.24, 2.45) is 10.9 Å². The van der Waals surface area contributed by atoms with Crippen molar-refractivity contribution in [3.63, 3.8) is 0 Å². The zero-order chi connectivity index (χ0) is 8.15. The summed E-state index contributed by atoms with van der Waals surface area (Å²) < 4.78 is 0. The number of hydrogen-bond donors (Lipinski definition) is 0. The molecular formula is C9H17N. The largest absolute Gasteiger partial charge is 0.266 e. The first-order chi connectivity index (χ1) is 4.54. The molecule has 58 valence electrons. The van der Waals surface area contributed by atoms with Crippen molar-refractivity contribution in [3.05, 3.63) is 11.8 Å². The van der Waals surface area contributed by atoms with Crippen molar-refractivity contribution in [2.45, 2.75) is 34.6 Å². The van der Waals surface area contributed by atoms with Crippen LogP contribution in [0.25, 0.3) is 0 Å². The summed E-state index contributed by atoms with van der Waals surface area (Å²) in [6.07, 6.45) is 1.91. The van der Waals surface area contributed by atoms with E-state index >= 15 is 0 Å². The molecular weight excluding hydrogens is 122 g/mol. The van der Waals surface area contributed by atoms with Crippen LogP contribution < -0.4 is 0 Å². The standard InChI is InChI=1S/C9H17N/c1-7(2)6-10-9(5)8(3)4/h6,8H,1-5H3/b10-9-. The molecule has 1 nitrogen and oxygen atoms in total. The molecule has 0 heterocycles. The molecule has 0 atom stereocenters. The fourth-order valence-corrected chi connectivity index (χ4v) is 0.380. The lowest BCUT2D eigenvalue weighted by atomic mass is 10.1. The molecule has 0 fully saturated rings. The van der Waals surface area contributed by atoms with Gasteiger partial charge in [0, 0.05) is 11.9 Å². The molecule has 0 bridgehead atoms. The first-order valence-corrected chi connectivity index (χ1v) is 3.71. The molecule has 0 aliphatic carbocycles. The first-order valence-electron chi connectivity index (χ1n) is 3.71. The summed E-state index contributed by atoms with van der Waals surface area (Å²) in [5, 5.41) is 0. The molecule has 0 aliphatic heterocycles. The molecule has 0 spiro atoms. The van der Waals surface area contributed by atoms with Gasteiger partial charge in [-0.2, -0.15) is 0 Å². The molecule has 0 rings (SSSR count). The smallest absolute Gasteiger partial charge is 0.0253 e. The third-order valence-electron chi connectivity index (χ3n) is 1.36. The lowest BCUT2D eigenvalue weighted by Gasteiger charge is -2.00. The van der Waals surface area contributed by atoms with Crippen molar-refractivity contribution in [1.82, 2.24) is 0 Å². The van der Waals surface area contributed by atoms with E-state index < -0.39 is 0 Å². The lowest BCUT2D eigenvalue weighted by molar-refractivity contribution is 0.878. The number of rotatable bonds is 2. The van der Waals surface area contributed by atoms with Crippen molar-refractivity contribution >= 4 is 5.71 Å². The Morgan fingerprint density at radius 2 is 1.70 bits per heavy atom. The van der Waals surface area contributed by atoms with E-state index in [0.717, 1.165) is 0 Å². The Bertz CT molecular complexity index is 148.